The second-order valence-corrected chi connectivity index (χ2v) is 11.5. The minimum atomic E-state index is -1.48. The summed E-state index contributed by atoms with van der Waals surface area (Å²) in [5, 5.41) is 21.6. The number of nitrogens with one attached hydrogen (secondary N) is 3. The molecule has 3 rings (SSSR count). The Balaban J connectivity index is 1.86. The van der Waals surface area contributed by atoms with E-state index in [0.29, 0.717) is 18.0 Å². The van der Waals surface area contributed by atoms with Crippen molar-refractivity contribution in [2.75, 3.05) is 13.2 Å². The van der Waals surface area contributed by atoms with Gasteiger partial charge in [-0.15, -0.1) is 0 Å². The number of aromatic amines is 1. The molecule has 44 heavy (non-hydrogen) atoms. The van der Waals surface area contributed by atoms with E-state index in [9.17, 15) is 19.5 Å². The maximum Gasteiger partial charge on any atom is 0.323 e. The maximum absolute atomic E-state index is 12.9. The lowest BCUT2D eigenvalue weighted by Crippen LogP contribution is -2.47. The van der Waals surface area contributed by atoms with E-state index in [1.54, 1.807) is 65.8 Å². The highest BCUT2D eigenvalue weighted by Gasteiger charge is 2.56. The van der Waals surface area contributed by atoms with Crippen LogP contribution < -0.4 is 11.1 Å². The number of carbonyl (C=O) groups is 3. The van der Waals surface area contributed by atoms with Crippen LogP contribution in [-0.4, -0.2) is 83.3 Å². The number of aliphatic hydroxyl groups excluding tert-OH is 1. The van der Waals surface area contributed by atoms with Gasteiger partial charge in [-0.3, -0.25) is 19.8 Å². The van der Waals surface area contributed by atoms with Crippen LogP contribution in [0.25, 0.3) is 0 Å². The molecule has 13 heteroatoms. The second kappa shape index (κ2) is 14.7. The molecule has 1 aromatic carbocycles. The van der Waals surface area contributed by atoms with Crippen LogP contribution in [0.15, 0.2) is 47.5 Å². The lowest BCUT2D eigenvalue weighted by Gasteiger charge is -2.27. The molecule has 0 spiro atoms. The average molecular weight is 614 g/mol. The molecule has 2 heterocycles. The number of carbonyl (C=O) groups excluding carboxylic acids is 3. The summed E-state index contributed by atoms with van der Waals surface area (Å²) in [6.07, 6.45) is -2.87. The van der Waals surface area contributed by atoms with Crippen LogP contribution >= 0.6 is 0 Å². The summed E-state index contributed by atoms with van der Waals surface area (Å²) in [5.74, 6) is -1.92. The summed E-state index contributed by atoms with van der Waals surface area (Å²) in [7, 11) is 0. The zero-order valence-electron chi connectivity index (χ0n) is 26.0. The quantitative estimate of drug-likeness (QED) is 0.127. The van der Waals surface area contributed by atoms with Crippen molar-refractivity contribution in [3.63, 3.8) is 0 Å². The number of aliphatic hydroxyl groups is 1. The maximum atomic E-state index is 12.9. The molecule has 6 N–H and O–H groups in total. The van der Waals surface area contributed by atoms with E-state index >= 15 is 0 Å². The van der Waals surface area contributed by atoms with Crippen molar-refractivity contribution >= 4 is 30.0 Å². The van der Waals surface area contributed by atoms with E-state index in [2.05, 4.69) is 15.3 Å². The molecule has 0 unspecified atom stereocenters. The van der Waals surface area contributed by atoms with Gasteiger partial charge in [0.1, 0.15) is 42.4 Å². The van der Waals surface area contributed by atoms with E-state index in [1.807, 2.05) is 18.2 Å². The number of nitrogens with zero attached hydrogens (tertiary/aromatic N) is 1. The van der Waals surface area contributed by atoms with Crippen molar-refractivity contribution in [2.24, 2.45) is 16.6 Å². The Morgan fingerprint density at radius 1 is 1.23 bits per heavy atom. The SMILES string of the molecule is CCOC(C)(C)C(=O)N/C(=N/C=N)c1ccc([C@]2(C)O[C@H](COC(=O)Cc3ccccc3)[C@@H](OC(=O)[C@@H](N)C(C)C)[C@H]2O)[nH]1. The summed E-state index contributed by atoms with van der Waals surface area (Å²) < 4.78 is 22.9. The van der Waals surface area contributed by atoms with Crippen molar-refractivity contribution in [3.8, 4) is 0 Å². The third-order valence-electron chi connectivity index (χ3n) is 7.43. The zero-order chi connectivity index (χ0) is 32.7. The predicted octanol–water partition coefficient (Wildman–Crippen LogP) is 1.96. The van der Waals surface area contributed by atoms with Crippen LogP contribution in [0.1, 0.15) is 58.5 Å². The summed E-state index contributed by atoms with van der Waals surface area (Å²) in [6, 6.07) is 11.3. The molecule has 1 amide bonds. The monoisotopic (exact) mass is 613 g/mol. The van der Waals surface area contributed by atoms with Gasteiger partial charge in [0.05, 0.1) is 17.8 Å². The van der Waals surface area contributed by atoms with Crippen molar-refractivity contribution in [1.29, 1.82) is 5.41 Å². The van der Waals surface area contributed by atoms with Gasteiger partial charge in [0.25, 0.3) is 5.91 Å². The Morgan fingerprint density at radius 2 is 1.91 bits per heavy atom. The normalized spacial score (nSPS) is 22.8. The van der Waals surface area contributed by atoms with Crippen LogP contribution in [0, 0.1) is 11.3 Å². The van der Waals surface area contributed by atoms with Crippen molar-refractivity contribution in [2.45, 2.75) is 83.5 Å². The molecule has 240 valence electrons. The second-order valence-electron chi connectivity index (χ2n) is 11.5. The standard InChI is InChI=1S/C31H43N5O8/c1-7-42-30(4,5)29(40)36-27(34-17-32)20-13-14-22(35-20)31(6)26(38)25(43-28(39)24(33)18(2)3)21(44-31)16-41-23(37)15-19-11-9-8-10-12-19/h8-14,17-18,21,24-26,35,38H,7,15-16,33H2,1-6H3,(H2,32,34,36,40)/t21-,24+,25-,26-,31+/m1/s1. The van der Waals surface area contributed by atoms with Gasteiger partial charge in [-0.1, -0.05) is 44.2 Å². The van der Waals surface area contributed by atoms with Crippen LogP contribution in [0.3, 0.4) is 0 Å². The van der Waals surface area contributed by atoms with Gasteiger partial charge in [-0.05, 0) is 51.3 Å². The number of hydrogen-bond acceptors (Lipinski definition) is 10. The summed E-state index contributed by atoms with van der Waals surface area (Å²) >= 11 is 0. The van der Waals surface area contributed by atoms with E-state index < -0.39 is 53.4 Å². The Bertz CT molecular complexity index is 1340. The first kappa shape index (κ1) is 34.6. The van der Waals surface area contributed by atoms with Crippen LogP contribution in [0.5, 0.6) is 0 Å². The molecule has 1 aliphatic heterocycles. The highest BCUT2D eigenvalue weighted by atomic mass is 16.6. The third kappa shape index (κ3) is 8.17. The molecule has 2 aromatic rings. The van der Waals surface area contributed by atoms with Gasteiger partial charge in [0.15, 0.2) is 11.9 Å². The van der Waals surface area contributed by atoms with E-state index in [1.165, 1.54) is 0 Å². The Morgan fingerprint density at radius 3 is 2.52 bits per heavy atom. The first-order valence-electron chi connectivity index (χ1n) is 14.5. The lowest BCUT2D eigenvalue weighted by atomic mass is 9.93. The topological polar surface area (TPSA) is 198 Å². The first-order chi connectivity index (χ1) is 20.7. The molecule has 13 nitrogen and oxygen atoms in total. The van der Waals surface area contributed by atoms with Crippen molar-refractivity contribution < 1.29 is 38.4 Å². The fraction of sp³-hybridized carbons (Fsp3) is 0.516. The number of rotatable bonds is 13. The van der Waals surface area contributed by atoms with Gasteiger partial charge in [0.2, 0.25) is 0 Å². The predicted molar refractivity (Wildman–Crippen MR) is 162 cm³/mol. The Labute approximate surface area is 257 Å². The molecule has 1 aromatic heterocycles. The number of nitrogens with two attached hydrogens (primary N) is 1. The molecule has 1 aliphatic rings. The van der Waals surface area contributed by atoms with Gasteiger partial charge >= 0.3 is 11.9 Å². The largest absolute Gasteiger partial charge is 0.463 e. The fourth-order valence-corrected chi connectivity index (χ4v) is 4.67. The molecule has 0 radical (unpaired) electrons. The molecular weight excluding hydrogens is 570 g/mol. The molecule has 0 bridgehead atoms. The van der Waals surface area contributed by atoms with Crippen LogP contribution in [0.2, 0.25) is 0 Å². The number of hydrogen-bond donors (Lipinski definition) is 5. The smallest absolute Gasteiger partial charge is 0.323 e. The van der Waals surface area contributed by atoms with Gasteiger partial charge < -0.3 is 40.1 Å². The summed E-state index contributed by atoms with van der Waals surface area (Å²) in [4.78, 5) is 45.3. The highest BCUT2D eigenvalue weighted by Crippen LogP contribution is 2.41. The Hall–Kier alpha value is -3.91. The molecule has 1 saturated heterocycles. The molecule has 1 fully saturated rings. The van der Waals surface area contributed by atoms with Crippen molar-refractivity contribution in [1.82, 2.24) is 10.3 Å². The Kier molecular flexibility index (Phi) is 11.6. The highest BCUT2D eigenvalue weighted by molar-refractivity contribution is 6.10. The first-order valence-corrected chi connectivity index (χ1v) is 14.5. The van der Waals surface area contributed by atoms with E-state index in [-0.39, 0.29) is 24.8 Å². The minimum Gasteiger partial charge on any atom is -0.463 e. The number of amides is 1. The summed E-state index contributed by atoms with van der Waals surface area (Å²) in [5.41, 5.74) is 4.79. The zero-order valence-corrected chi connectivity index (χ0v) is 26.0. The molecule has 5 atom stereocenters. The molecule has 0 saturated carbocycles. The average Bonchev–Trinajstić information content (AvgIpc) is 3.56. The number of benzene rings is 1. The van der Waals surface area contributed by atoms with Gasteiger partial charge in [-0.2, -0.15) is 0 Å². The van der Waals surface area contributed by atoms with Gasteiger partial charge in [0, 0.05) is 6.61 Å². The number of H-pyrrole nitrogens is 1. The number of aliphatic imine (C=N–C) groups is 1. The third-order valence-corrected chi connectivity index (χ3v) is 7.43. The lowest BCUT2D eigenvalue weighted by molar-refractivity contribution is -0.162. The van der Waals surface area contributed by atoms with E-state index in [0.717, 1.165) is 11.9 Å². The van der Waals surface area contributed by atoms with E-state index in [4.69, 9.17) is 30.1 Å². The van der Waals surface area contributed by atoms with Crippen LogP contribution in [-0.2, 0) is 45.4 Å². The van der Waals surface area contributed by atoms with Crippen LogP contribution in [0.4, 0.5) is 0 Å². The summed E-state index contributed by atoms with van der Waals surface area (Å²) in [6.45, 7) is 10.1. The number of esters is 2. The number of ether oxygens (including phenoxy) is 4. The minimum absolute atomic E-state index is 0.0248. The number of amidine groups is 1. The molecule has 0 aliphatic carbocycles. The molecular formula is C31H43N5O8. The fourth-order valence-electron chi connectivity index (χ4n) is 4.67. The van der Waals surface area contributed by atoms with Gasteiger partial charge in [-0.25, -0.2) is 4.99 Å². The number of aromatic nitrogens is 1. The van der Waals surface area contributed by atoms with Crippen molar-refractivity contribution in [3.05, 3.63) is 59.4 Å².